The Morgan fingerprint density at radius 2 is 2.31 bits per heavy atom. The molecule has 0 radical (unpaired) electrons. The van der Waals surface area contributed by atoms with E-state index in [0.29, 0.717) is 32.6 Å². The third kappa shape index (κ3) is 2.42. The van der Waals surface area contributed by atoms with Gasteiger partial charge in [-0.05, 0) is 25.8 Å². The average molecular weight is 187 g/mol. The van der Waals surface area contributed by atoms with Crippen molar-refractivity contribution in [2.75, 3.05) is 19.8 Å². The Balaban J connectivity index is 2.67. The number of nitrogens with one attached hydrogen (secondary N) is 1. The minimum absolute atomic E-state index is 0.541. The van der Waals surface area contributed by atoms with Crippen molar-refractivity contribution in [1.82, 2.24) is 5.32 Å². The molecule has 1 aliphatic heterocycles. The van der Waals surface area contributed by atoms with Gasteiger partial charge < -0.3 is 15.2 Å². The first-order valence-corrected chi connectivity index (χ1v) is 4.77. The highest BCUT2D eigenvalue weighted by molar-refractivity contribution is 5.78. The van der Waals surface area contributed by atoms with Crippen LogP contribution in [0.1, 0.15) is 26.2 Å². The Labute approximate surface area is 78.3 Å². The van der Waals surface area contributed by atoms with Gasteiger partial charge in [0.1, 0.15) is 5.54 Å². The molecule has 1 unspecified atom stereocenters. The third-order valence-corrected chi connectivity index (χ3v) is 2.49. The number of hydrogen-bond acceptors (Lipinski definition) is 3. The summed E-state index contributed by atoms with van der Waals surface area (Å²) in [5.41, 5.74) is -0.745. The van der Waals surface area contributed by atoms with E-state index >= 15 is 0 Å². The van der Waals surface area contributed by atoms with Crippen LogP contribution in [0.25, 0.3) is 0 Å². The molecule has 1 saturated heterocycles. The van der Waals surface area contributed by atoms with E-state index in [9.17, 15) is 4.79 Å². The van der Waals surface area contributed by atoms with Crippen LogP contribution >= 0.6 is 0 Å². The molecule has 0 saturated carbocycles. The van der Waals surface area contributed by atoms with Crippen molar-refractivity contribution in [3.05, 3.63) is 0 Å². The zero-order valence-corrected chi connectivity index (χ0v) is 8.01. The monoisotopic (exact) mass is 187 g/mol. The normalized spacial score (nSPS) is 29.6. The molecule has 2 N–H and O–H groups in total. The van der Waals surface area contributed by atoms with Crippen LogP contribution < -0.4 is 5.32 Å². The molecule has 1 rings (SSSR count). The minimum atomic E-state index is -0.750. The van der Waals surface area contributed by atoms with Crippen molar-refractivity contribution in [3.63, 3.8) is 0 Å². The van der Waals surface area contributed by atoms with Gasteiger partial charge in [-0.1, -0.05) is 6.92 Å². The van der Waals surface area contributed by atoms with Crippen molar-refractivity contribution in [1.29, 1.82) is 0 Å². The molecule has 1 aliphatic rings. The molecule has 0 aromatic heterocycles. The van der Waals surface area contributed by atoms with Crippen LogP contribution in [0, 0.1) is 0 Å². The zero-order chi connectivity index (χ0) is 9.73. The van der Waals surface area contributed by atoms with Gasteiger partial charge in [-0.2, -0.15) is 0 Å². The number of hydrogen-bond donors (Lipinski definition) is 2. The summed E-state index contributed by atoms with van der Waals surface area (Å²) in [7, 11) is 0. The highest BCUT2D eigenvalue weighted by Gasteiger charge is 2.37. The lowest BCUT2D eigenvalue weighted by atomic mass is 9.91. The van der Waals surface area contributed by atoms with Gasteiger partial charge in [0, 0.05) is 13.2 Å². The molecule has 0 aromatic rings. The van der Waals surface area contributed by atoms with E-state index in [1.165, 1.54) is 0 Å². The summed E-state index contributed by atoms with van der Waals surface area (Å²) in [6.07, 6.45) is 2.05. The van der Waals surface area contributed by atoms with E-state index < -0.39 is 11.5 Å². The Morgan fingerprint density at radius 3 is 2.92 bits per heavy atom. The van der Waals surface area contributed by atoms with E-state index in [1.54, 1.807) is 0 Å². The van der Waals surface area contributed by atoms with Crippen LogP contribution in [-0.2, 0) is 9.53 Å². The van der Waals surface area contributed by atoms with Gasteiger partial charge in [-0.25, -0.2) is 0 Å². The SMILES string of the molecule is CCNC1(C(=O)O)CCCOCC1. The van der Waals surface area contributed by atoms with Gasteiger partial charge in [0.25, 0.3) is 0 Å². The first-order valence-electron chi connectivity index (χ1n) is 4.77. The van der Waals surface area contributed by atoms with Gasteiger partial charge in [0.15, 0.2) is 0 Å². The quantitative estimate of drug-likeness (QED) is 0.680. The fourth-order valence-corrected chi connectivity index (χ4v) is 1.75. The van der Waals surface area contributed by atoms with Crippen LogP contribution in [0.4, 0.5) is 0 Å². The molecule has 4 nitrogen and oxygen atoms in total. The van der Waals surface area contributed by atoms with Gasteiger partial charge in [0.2, 0.25) is 0 Å². The second-order valence-electron chi connectivity index (χ2n) is 3.38. The topological polar surface area (TPSA) is 58.6 Å². The molecule has 0 spiro atoms. The smallest absolute Gasteiger partial charge is 0.323 e. The number of carboxylic acids is 1. The van der Waals surface area contributed by atoms with Crippen molar-refractivity contribution < 1.29 is 14.6 Å². The largest absolute Gasteiger partial charge is 0.480 e. The summed E-state index contributed by atoms with van der Waals surface area (Å²) < 4.78 is 5.24. The Hall–Kier alpha value is -0.610. The average Bonchev–Trinajstić information content (AvgIpc) is 2.31. The Bertz CT molecular complexity index is 174. The summed E-state index contributed by atoms with van der Waals surface area (Å²) in [5.74, 6) is -0.750. The molecular formula is C9H17NO3. The standard InChI is InChI=1S/C9H17NO3/c1-2-10-9(8(11)12)4-3-6-13-7-5-9/h10H,2-7H2,1H3,(H,11,12). The van der Waals surface area contributed by atoms with Crippen molar-refractivity contribution in [2.45, 2.75) is 31.7 Å². The van der Waals surface area contributed by atoms with Crippen molar-refractivity contribution in [3.8, 4) is 0 Å². The second-order valence-corrected chi connectivity index (χ2v) is 3.38. The predicted molar refractivity (Wildman–Crippen MR) is 48.7 cm³/mol. The number of likely N-dealkylation sites (N-methyl/N-ethyl adjacent to an activating group) is 1. The molecule has 1 atom stereocenters. The van der Waals surface area contributed by atoms with E-state index in [4.69, 9.17) is 9.84 Å². The van der Waals surface area contributed by atoms with E-state index in [1.807, 2.05) is 6.92 Å². The summed E-state index contributed by atoms with van der Waals surface area (Å²) in [6, 6.07) is 0. The van der Waals surface area contributed by atoms with E-state index in [0.717, 1.165) is 6.42 Å². The fourth-order valence-electron chi connectivity index (χ4n) is 1.75. The third-order valence-electron chi connectivity index (χ3n) is 2.49. The number of rotatable bonds is 3. The second kappa shape index (κ2) is 4.58. The number of carbonyl (C=O) groups is 1. The molecule has 0 aliphatic carbocycles. The van der Waals surface area contributed by atoms with Crippen LogP contribution in [0.2, 0.25) is 0 Å². The number of carboxylic acid groups (broad SMARTS) is 1. The number of ether oxygens (including phenoxy) is 1. The van der Waals surface area contributed by atoms with Crippen LogP contribution in [-0.4, -0.2) is 36.4 Å². The highest BCUT2D eigenvalue weighted by Crippen LogP contribution is 2.21. The molecule has 0 amide bonds. The van der Waals surface area contributed by atoms with Gasteiger partial charge in [0.05, 0.1) is 0 Å². The predicted octanol–water partition coefficient (Wildman–Crippen LogP) is 0.620. The Kier molecular flexibility index (Phi) is 3.69. The lowest BCUT2D eigenvalue weighted by Gasteiger charge is -2.28. The molecule has 0 bridgehead atoms. The van der Waals surface area contributed by atoms with Crippen LogP contribution in [0.15, 0.2) is 0 Å². The number of aliphatic carboxylic acids is 1. The van der Waals surface area contributed by atoms with Crippen LogP contribution in [0.3, 0.4) is 0 Å². The maximum Gasteiger partial charge on any atom is 0.323 e. The van der Waals surface area contributed by atoms with E-state index in [2.05, 4.69) is 5.32 Å². The van der Waals surface area contributed by atoms with Crippen molar-refractivity contribution in [2.24, 2.45) is 0 Å². The van der Waals surface area contributed by atoms with Crippen LogP contribution in [0.5, 0.6) is 0 Å². The van der Waals surface area contributed by atoms with E-state index in [-0.39, 0.29) is 0 Å². The molecule has 1 fully saturated rings. The molecule has 4 heteroatoms. The minimum Gasteiger partial charge on any atom is -0.480 e. The van der Waals surface area contributed by atoms with Gasteiger partial charge in [-0.3, -0.25) is 4.79 Å². The first-order chi connectivity index (χ1) is 6.21. The fraction of sp³-hybridized carbons (Fsp3) is 0.889. The van der Waals surface area contributed by atoms with Crippen molar-refractivity contribution >= 4 is 5.97 Å². The summed E-state index contributed by atoms with van der Waals surface area (Å²) in [4.78, 5) is 11.1. The summed E-state index contributed by atoms with van der Waals surface area (Å²) in [5, 5.41) is 12.2. The Morgan fingerprint density at radius 1 is 1.54 bits per heavy atom. The lowest BCUT2D eigenvalue weighted by Crippen LogP contribution is -2.52. The molecule has 1 heterocycles. The first kappa shape index (κ1) is 10.5. The molecule has 0 aromatic carbocycles. The maximum absolute atomic E-state index is 11.1. The molecule has 76 valence electrons. The molecular weight excluding hydrogens is 170 g/mol. The summed E-state index contributed by atoms with van der Waals surface area (Å²) in [6.45, 7) is 3.84. The summed E-state index contributed by atoms with van der Waals surface area (Å²) >= 11 is 0. The maximum atomic E-state index is 11.1. The van der Waals surface area contributed by atoms with Gasteiger partial charge >= 0.3 is 5.97 Å². The molecule has 13 heavy (non-hydrogen) atoms. The lowest BCUT2D eigenvalue weighted by molar-refractivity contribution is -0.145. The highest BCUT2D eigenvalue weighted by atomic mass is 16.5. The van der Waals surface area contributed by atoms with Gasteiger partial charge in [-0.15, -0.1) is 0 Å². The zero-order valence-electron chi connectivity index (χ0n) is 8.01.